The topological polar surface area (TPSA) is 33.1 Å². The van der Waals surface area contributed by atoms with E-state index in [4.69, 9.17) is 11.5 Å². The van der Waals surface area contributed by atoms with Crippen molar-refractivity contribution in [3.05, 3.63) is 29.8 Å². The van der Waals surface area contributed by atoms with Crippen LogP contribution in [0.15, 0.2) is 18.3 Å². The number of hydrogen-bond acceptors (Lipinski definition) is 2. The van der Waals surface area contributed by atoms with Gasteiger partial charge in [-0.2, -0.15) is 0 Å². The van der Waals surface area contributed by atoms with E-state index in [1.54, 1.807) is 0 Å². The molecule has 1 N–H and O–H groups in total. The molecule has 1 aromatic heterocycles. The van der Waals surface area contributed by atoms with Gasteiger partial charge in [-0.05, 0) is 12.1 Å². The number of rotatable bonds is 1. The quantitative estimate of drug-likeness (QED) is 0.604. The zero-order chi connectivity index (χ0) is 8.27. The summed E-state index contributed by atoms with van der Waals surface area (Å²) in [5.74, 6) is 1.39. The number of hydrogen-bond donors (Lipinski definition) is 1. The fraction of sp³-hybridized carbons (Fsp3) is 0.125. The van der Waals surface area contributed by atoms with Crippen molar-refractivity contribution in [2.24, 2.45) is 0 Å². The number of nitrogens with zero attached hydrogens (tertiary/aromatic N) is 1. The summed E-state index contributed by atoms with van der Waals surface area (Å²) in [6, 6.07) is 2.63. The van der Waals surface area contributed by atoms with Crippen LogP contribution in [0.4, 0.5) is 4.39 Å². The van der Waals surface area contributed by atoms with Crippen LogP contribution in [0.25, 0.3) is 0 Å². The fourth-order valence-corrected chi connectivity index (χ4v) is 0.678. The molecule has 0 aromatic carbocycles. The van der Waals surface area contributed by atoms with Crippen LogP contribution < -0.4 is 0 Å². The van der Waals surface area contributed by atoms with Gasteiger partial charge in [-0.15, -0.1) is 6.42 Å². The second-order valence-corrected chi connectivity index (χ2v) is 1.94. The van der Waals surface area contributed by atoms with Gasteiger partial charge >= 0.3 is 0 Å². The molecule has 1 aromatic rings. The molecule has 0 aliphatic rings. The Balaban J connectivity index is 3.05. The van der Waals surface area contributed by atoms with Crippen molar-refractivity contribution < 1.29 is 9.50 Å². The summed E-state index contributed by atoms with van der Waals surface area (Å²) in [7, 11) is 0. The van der Waals surface area contributed by atoms with Gasteiger partial charge in [-0.3, -0.25) is 4.98 Å². The van der Waals surface area contributed by atoms with Crippen molar-refractivity contribution in [2.45, 2.75) is 6.10 Å². The Labute approximate surface area is 63.7 Å². The molecule has 0 spiro atoms. The monoisotopic (exact) mass is 151 g/mol. The molecule has 0 fully saturated rings. The van der Waals surface area contributed by atoms with Gasteiger partial charge in [0, 0.05) is 6.20 Å². The average Bonchev–Trinajstić information content (AvgIpc) is 2.04. The van der Waals surface area contributed by atoms with Gasteiger partial charge in [-0.1, -0.05) is 5.92 Å². The highest BCUT2D eigenvalue weighted by Gasteiger charge is 2.09. The van der Waals surface area contributed by atoms with Crippen molar-refractivity contribution >= 4 is 0 Å². The molecule has 56 valence electrons. The highest BCUT2D eigenvalue weighted by atomic mass is 19.1. The predicted molar refractivity (Wildman–Crippen MR) is 38.0 cm³/mol. The van der Waals surface area contributed by atoms with Gasteiger partial charge in [0.05, 0.1) is 0 Å². The fourth-order valence-electron chi connectivity index (χ4n) is 0.678. The number of terminal acetylenes is 1. The van der Waals surface area contributed by atoms with Crippen molar-refractivity contribution in [1.82, 2.24) is 4.98 Å². The molecule has 3 heteroatoms. The van der Waals surface area contributed by atoms with E-state index in [9.17, 15) is 4.39 Å². The molecule has 0 saturated carbocycles. The molecule has 0 amide bonds. The first-order valence-electron chi connectivity index (χ1n) is 3.00. The zero-order valence-corrected chi connectivity index (χ0v) is 5.66. The lowest BCUT2D eigenvalue weighted by atomic mass is 10.2. The first-order chi connectivity index (χ1) is 5.25. The largest absolute Gasteiger partial charge is 0.374 e. The Hall–Kier alpha value is -1.40. The lowest BCUT2D eigenvalue weighted by molar-refractivity contribution is 0.227. The van der Waals surface area contributed by atoms with Crippen molar-refractivity contribution in [3.63, 3.8) is 0 Å². The molecule has 0 aliphatic carbocycles. The molecule has 2 nitrogen and oxygen atoms in total. The predicted octanol–water partition coefficient (Wildman–Crippen LogP) is 0.887. The van der Waals surface area contributed by atoms with E-state index in [1.807, 2.05) is 5.92 Å². The first kappa shape index (κ1) is 7.70. The SMILES string of the molecule is C#C[C@@H](O)c1ncccc1F. The van der Waals surface area contributed by atoms with E-state index in [-0.39, 0.29) is 5.69 Å². The maximum Gasteiger partial charge on any atom is 0.159 e. The van der Waals surface area contributed by atoms with E-state index < -0.39 is 11.9 Å². The van der Waals surface area contributed by atoms with Crippen LogP contribution >= 0.6 is 0 Å². The number of aliphatic hydroxyl groups excluding tert-OH is 1. The van der Waals surface area contributed by atoms with Crippen LogP contribution in [-0.4, -0.2) is 10.1 Å². The van der Waals surface area contributed by atoms with E-state index in [0.29, 0.717) is 0 Å². The summed E-state index contributed by atoms with van der Waals surface area (Å²) in [5.41, 5.74) is -0.102. The average molecular weight is 151 g/mol. The van der Waals surface area contributed by atoms with E-state index >= 15 is 0 Å². The smallest absolute Gasteiger partial charge is 0.159 e. The summed E-state index contributed by atoms with van der Waals surface area (Å²) in [4.78, 5) is 3.58. The molecular weight excluding hydrogens is 145 g/mol. The highest BCUT2D eigenvalue weighted by molar-refractivity contribution is 5.16. The second kappa shape index (κ2) is 3.13. The minimum absolute atomic E-state index is 0.102. The van der Waals surface area contributed by atoms with Crippen LogP contribution in [-0.2, 0) is 0 Å². The molecule has 11 heavy (non-hydrogen) atoms. The van der Waals surface area contributed by atoms with Crippen molar-refractivity contribution in [2.75, 3.05) is 0 Å². The third-order valence-electron chi connectivity index (χ3n) is 1.20. The number of halogens is 1. The van der Waals surface area contributed by atoms with Crippen LogP contribution in [0.1, 0.15) is 11.8 Å². The Bertz CT molecular complexity index is 292. The number of aliphatic hydroxyl groups is 1. The normalized spacial score (nSPS) is 12.1. The minimum atomic E-state index is -1.25. The molecule has 0 unspecified atom stereocenters. The molecule has 0 saturated heterocycles. The van der Waals surface area contributed by atoms with Crippen molar-refractivity contribution in [1.29, 1.82) is 0 Å². The highest BCUT2D eigenvalue weighted by Crippen LogP contribution is 2.11. The molecule has 0 aliphatic heterocycles. The van der Waals surface area contributed by atoms with Gasteiger partial charge in [-0.25, -0.2) is 4.39 Å². The van der Waals surface area contributed by atoms with Gasteiger partial charge < -0.3 is 5.11 Å². The summed E-state index contributed by atoms with van der Waals surface area (Å²) in [6.45, 7) is 0. The Morgan fingerprint density at radius 3 is 3.00 bits per heavy atom. The van der Waals surface area contributed by atoms with E-state index in [2.05, 4.69) is 4.98 Å². The van der Waals surface area contributed by atoms with Gasteiger partial charge in [0.2, 0.25) is 0 Å². The molecular formula is C8H6FNO. The van der Waals surface area contributed by atoms with Gasteiger partial charge in [0.15, 0.2) is 6.10 Å². The molecule has 0 bridgehead atoms. The second-order valence-electron chi connectivity index (χ2n) is 1.94. The third kappa shape index (κ3) is 1.54. The standard InChI is InChI=1S/C8H6FNO/c1-2-7(11)8-6(9)4-3-5-10-8/h1,3-5,7,11H/t7-/m1/s1. The minimum Gasteiger partial charge on any atom is -0.374 e. The van der Waals surface area contributed by atoms with Crippen molar-refractivity contribution in [3.8, 4) is 12.3 Å². The Morgan fingerprint density at radius 1 is 1.73 bits per heavy atom. The van der Waals surface area contributed by atoms with Crippen LogP contribution in [0.2, 0.25) is 0 Å². The molecule has 0 radical (unpaired) electrons. The molecule has 1 atom stereocenters. The number of pyridine rings is 1. The summed E-state index contributed by atoms with van der Waals surface area (Å²) >= 11 is 0. The van der Waals surface area contributed by atoms with Gasteiger partial charge in [0.25, 0.3) is 0 Å². The van der Waals surface area contributed by atoms with Crippen LogP contribution in [0.5, 0.6) is 0 Å². The first-order valence-corrected chi connectivity index (χ1v) is 3.00. The maximum absolute atomic E-state index is 12.7. The number of aromatic nitrogens is 1. The van der Waals surface area contributed by atoms with Crippen LogP contribution in [0.3, 0.4) is 0 Å². The third-order valence-corrected chi connectivity index (χ3v) is 1.20. The van der Waals surface area contributed by atoms with E-state index in [0.717, 1.165) is 0 Å². The van der Waals surface area contributed by atoms with E-state index in [1.165, 1.54) is 18.3 Å². The summed E-state index contributed by atoms with van der Waals surface area (Å²) < 4.78 is 12.7. The maximum atomic E-state index is 12.7. The Kier molecular flexibility index (Phi) is 2.19. The zero-order valence-electron chi connectivity index (χ0n) is 5.66. The summed E-state index contributed by atoms with van der Waals surface area (Å²) in [6.07, 6.45) is 4.99. The van der Waals surface area contributed by atoms with Gasteiger partial charge in [0.1, 0.15) is 11.5 Å². The lowest BCUT2D eigenvalue weighted by Gasteiger charge is -2.01. The molecule has 1 rings (SSSR count). The summed E-state index contributed by atoms with van der Waals surface area (Å²) in [5, 5.41) is 8.97. The Morgan fingerprint density at radius 2 is 2.45 bits per heavy atom. The molecule has 1 heterocycles. The van der Waals surface area contributed by atoms with Crippen LogP contribution in [0, 0.1) is 18.2 Å². The lowest BCUT2D eigenvalue weighted by Crippen LogP contribution is -2.00.